The zero-order chi connectivity index (χ0) is 17.2. The summed E-state index contributed by atoms with van der Waals surface area (Å²) in [5.74, 6) is 1.40. The lowest BCUT2D eigenvalue weighted by Gasteiger charge is -2.25. The van der Waals surface area contributed by atoms with Crippen molar-refractivity contribution in [3.63, 3.8) is 0 Å². The Hall–Kier alpha value is -1.75. The lowest BCUT2D eigenvalue weighted by molar-refractivity contribution is 0.0518. The Balaban J connectivity index is 1.85. The number of carbonyl (C=O) groups excluding carboxylic acids is 1. The van der Waals surface area contributed by atoms with Gasteiger partial charge in [0.2, 0.25) is 0 Å². The molecule has 5 nitrogen and oxygen atoms in total. The number of nitrogens with one attached hydrogen (secondary N) is 1. The number of amides is 2. The number of urea groups is 1. The summed E-state index contributed by atoms with van der Waals surface area (Å²) >= 11 is 0. The first kappa shape index (κ1) is 18.6. The third-order valence-corrected chi connectivity index (χ3v) is 4.42. The van der Waals surface area contributed by atoms with Gasteiger partial charge in [0.25, 0.3) is 0 Å². The molecule has 24 heavy (non-hydrogen) atoms. The first-order valence-corrected chi connectivity index (χ1v) is 8.97. The second-order valence-electron chi connectivity index (χ2n) is 6.34. The Morgan fingerprint density at radius 1 is 1.42 bits per heavy atom. The minimum absolute atomic E-state index is 0.000478. The highest BCUT2D eigenvalue weighted by molar-refractivity contribution is 5.74. The van der Waals surface area contributed by atoms with Crippen molar-refractivity contribution in [2.24, 2.45) is 5.92 Å². The molecule has 2 rings (SSSR count). The minimum atomic E-state index is -0.000478. The lowest BCUT2D eigenvalue weighted by atomic mass is 9.99. The molecule has 0 saturated carbocycles. The predicted molar refractivity (Wildman–Crippen MR) is 95.3 cm³/mol. The van der Waals surface area contributed by atoms with Gasteiger partial charge in [-0.1, -0.05) is 25.1 Å². The van der Waals surface area contributed by atoms with Gasteiger partial charge in [-0.3, -0.25) is 0 Å². The zero-order valence-corrected chi connectivity index (χ0v) is 14.9. The standard InChI is InChI=1S/C19H30N2O3/c1-3-12-21(14-17-8-4-5-9-18(17)23-2)19(22)20-11-10-16-7-6-13-24-15-16/h4-5,8-9,16H,3,6-7,10-15H2,1-2H3,(H,20,22)/t16-/m0/s1. The summed E-state index contributed by atoms with van der Waals surface area (Å²) in [6, 6.07) is 7.86. The van der Waals surface area contributed by atoms with Gasteiger partial charge >= 0.3 is 6.03 Å². The third-order valence-electron chi connectivity index (χ3n) is 4.42. The number of methoxy groups -OCH3 is 1. The Morgan fingerprint density at radius 2 is 2.25 bits per heavy atom. The van der Waals surface area contributed by atoms with Gasteiger partial charge in [-0.2, -0.15) is 0 Å². The van der Waals surface area contributed by atoms with Crippen molar-refractivity contribution in [1.29, 1.82) is 0 Å². The predicted octanol–water partition coefficient (Wildman–Crippen LogP) is 3.43. The van der Waals surface area contributed by atoms with E-state index in [4.69, 9.17) is 9.47 Å². The van der Waals surface area contributed by atoms with E-state index in [-0.39, 0.29) is 6.03 Å². The van der Waals surface area contributed by atoms with Crippen molar-refractivity contribution in [3.05, 3.63) is 29.8 Å². The second-order valence-corrected chi connectivity index (χ2v) is 6.34. The molecule has 0 aromatic heterocycles. The number of rotatable bonds is 8. The summed E-state index contributed by atoms with van der Waals surface area (Å²) < 4.78 is 10.9. The van der Waals surface area contributed by atoms with Crippen LogP contribution in [-0.2, 0) is 11.3 Å². The van der Waals surface area contributed by atoms with Crippen molar-refractivity contribution in [1.82, 2.24) is 10.2 Å². The highest BCUT2D eigenvalue weighted by Gasteiger charge is 2.17. The normalized spacial score (nSPS) is 17.3. The highest BCUT2D eigenvalue weighted by atomic mass is 16.5. The topological polar surface area (TPSA) is 50.8 Å². The van der Waals surface area contributed by atoms with E-state index < -0.39 is 0 Å². The molecule has 1 fully saturated rings. The number of hydrogen-bond acceptors (Lipinski definition) is 3. The van der Waals surface area contributed by atoms with Gasteiger partial charge in [0.15, 0.2) is 0 Å². The number of benzene rings is 1. The molecule has 1 saturated heterocycles. The number of hydrogen-bond donors (Lipinski definition) is 1. The zero-order valence-electron chi connectivity index (χ0n) is 14.9. The maximum atomic E-state index is 12.5. The van der Waals surface area contributed by atoms with Gasteiger partial charge in [-0.05, 0) is 37.7 Å². The third kappa shape index (κ3) is 5.71. The van der Waals surface area contributed by atoms with Crippen molar-refractivity contribution in [2.45, 2.75) is 39.2 Å². The molecule has 1 heterocycles. The van der Waals surface area contributed by atoms with Crippen LogP contribution in [0, 0.1) is 5.92 Å². The van der Waals surface area contributed by atoms with E-state index in [0.717, 1.165) is 50.3 Å². The fourth-order valence-electron chi connectivity index (χ4n) is 3.09. The summed E-state index contributed by atoms with van der Waals surface area (Å²) in [6.45, 7) is 5.80. The molecule has 5 heteroatoms. The van der Waals surface area contributed by atoms with Crippen LogP contribution >= 0.6 is 0 Å². The molecule has 0 aliphatic carbocycles. The van der Waals surface area contributed by atoms with E-state index in [9.17, 15) is 4.79 Å². The summed E-state index contributed by atoms with van der Waals surface area (Å²) in [5.41, 5.74) is 1.03. The minimum Gasteiger partial charge on any atom is -0.496 e. The highest BCUT2D eigenvalue weighted by Crippen LogP contribution is 2.20. The van der Waals surface area contributed by atoms with Crippen LogP contribution in [0.5, 0.6) is 5.75 Å². The molecular weight excluding hydrogens is 304 g/mol. The van der Waals surface area contributed by atoms with Crippen LogP contribution in [0.3, 0.4) is 0 Å². The first-order chi connectivity index (χ1) is 11.7. The Kier molecular flexibility index (Phi) is 7.89. The van der Waals surface area contributed by atoms with Gasteiger partial charge in [0.05, 0.1) is 13.7 Å². The lowest BCUT2D eigenvalue weighted by Crippen LogP contribution is -2.41. The average Bonchev–Trinajstić information content (AvgIpc) is 2.62. The summed E-state index contributed by atoms with van der Waals surface area (Å²) in [4.78, 5) is 14.4. The van der Waals surface area contributed by atoms with Gasteiger partial charge < -0.3 is 19.7 Å². The quantitative estimate of drug-likeness (QED) is 0.792. The van der Waals surface area contributed by atoms with Crippen LogP contribution in [0.25, 0.3) is 0 Å². The van der Waals surface area contributed by atoms with Crippen molar-refractivity contribution in [2.75, 3.05) is 33.4 Å². The maximum Gasteiger partial charge on any atom is 0.317 e. The first-order valence-electron chi connectivity index (χ1n) is 8.97. The van der Waals surface area contributed by atoms with Gasteiger partial charge in [0, 0.05) is 31.9 Å². The second kappa shape index (κ2) is 10.2. The summed E-state index contributed by atoms with van der Waals surface area (Å²) in [6.07, 6.45) is 4.25. The van der Waals surface area contributed by atoms with E-state index in [1.807, 2.05) is 29.2 Å². The molecule has 1 aromatic rings. The van der Waals surface area contributed by atoms with Crippen molar-refractivity contribution >= 4 is 6.03 Å². The van der Waals surface area contributed by atoms with Crippen LogP contribution in [0.4, 0.5) is 4.79 Å². The SMILES string of the molecule is CCCN(Cc1ccccc1OC)C(=O)NCC[C@@H]1CCCOC1. The van der Waals surface area contributed by atoms with E-state index in [2.05, 4.69) is 12.2 Å². The fraction of sp³-hybridized carbons (Fsp3) is 0.632. The fourth-order valence-corrected chi connectivity index (χ4v) is 3.09. The van der Waals surface area contributed by atoms with Crippen LogP contribution in [-0.4, -0.2) is 44.3 Å². The van der Waals surface area contributed by atoms with Gasteiger partial charge in [0.1, 0.15) is 5.75 Å². The Labute approximate surface area is 145 Å². The van der Waals surface area contributed by atoms with E-state index in [1.54, 1.807) is 7.11 Å². The van der Waals surface area contributed by atoms with Crippen LogP contribution < -0.4 is 10.1 Å². The number of para-hydroxylation sites is 1. The molecule has 1 aromatic carbocycles. The summed E-state index contributed by atoms with van der Waals surface area (Å²) in [5, 5.41) is 3.06. The van der Waals surface area contributed by atoms with Crippen LogP contribution in [0.15, 0.2) is 24.3 Å². The molecular formula is C19H30N2O3. The molecule has 0 bridgehead atoms. The van der Waals surface area contributed by atoms with Crippen LogP contribution in [0.1, 0.15) is 38.2 Å². The number of nitrogens with zero attached hydrogens (tertiary/aromatic N) is 1. The van der Waals surface area contributed by atoms with E-state index in [0.29, 0.717) is 19.0 Å². The molecule has 1 N–H and O–H groups in total. The van der Waals surface area contributed by atoms with Gasteiger partial charge in [-0.25, -0.2) is 4.79 Å². The molecule has 0 spiro atoms. The molecule has 2 amide bonds. The monoisotopic (exact) mass is 334 g/mol. The average molecular weight is 334 g/mol. The number of carbonyl (C=O) groups is 1. The van der Waals surface area contributed by atoms with E-state index >= 15 is 0 Å². The van der Waals surface area contributed by atoms with Crippen molar-refractivity contribution < 1.29 is 14.3 Å². The molecule has 0 unspecified atom stereocenters. The molecule has 0 radical (unpaired) electrons. The number of ether oxygens (including phenoxy) is 2. The maximum absolute atomic E-state index is 12.5. The Bertz CT molecular complexity index is 501. The van der Waals surface area contributed by atoms with E-state index in [1.165, 1.54) is 6.42 Å². The molecule has 134 valence electrons. The molecule has 1 aliphatic heterocycles. The Morgan fingerprint density at radius 3 is 2.96 bits per heavy atom. The molecule has 1 atom stereocenters. The molecule has 1 aliphatic rings. The van der Waals surface area contributed by atoms with Crippen LogP contribution in [0.2, 0.25) is 0 Å². The van der Waals surface area contributed by atoms with Crippen molar-refractivity contribution in [3.8, 4) is 5.75 Å². The smallest absolute Gasteiger partial charge is 0.317 e. The largest absolute Gasteiger partial charge is 0.496 e. The summed E-state index contributed by atoms with van der Waals surface area (Å²) in [7, 11) is 1.66. The van der Waals surface area contributed by atoms with Gasteiger partial charge in [-0.15, -0.1) is 0 Å².